The van der Waals surface area contributed by atoms with Crippen molar-refractivity contribution in [3.05, 3.63) is 35.9 Å². The van der Waals surface area contributed by atoms with E-state index in [4.69, 9.17) is 4.74 Å². The lowest BCUT2D eigenvalue weighted by Gasteiger charge is -2.47. The summed E-state index contributed by atoms with van der Waals surface area (Å²) < 4.78 is 5.87. The minimum atomic E-state index is -0.259. The number of hydrogen-bond acceptors (Lipinski definition) is 2. The van der Waals surface area contributed by atoms with Crippen molar-refractivity contribution >= 4 is 5.78 Å². The largest absolute Gasteiger partial charge is 0.377 e. The zero-order valence-corrected chi connectivity index (χ0v) is 13.4. The quantitative estimate of drug-likeness (QED) is 0.622. The summed E-state index contributed by atoms with van der Waals surface area (Å²) in [4.78, 5) is 12.4. The average Bonchev–Trinajstić information content (AvgIpc) is 2.51. The van der Waals surface area contributed by atoms with E-state index in [1.807, 2.05) is 13.0 Å². The van der Waals surface area contributed by atoms with Gasteiger partial charge in [0.25, 0.3) is 0 Å². The summed E-state index contributed by atoms with van der Waals surface area (Å²) in [7, 11) is 0. The van der Waals surface area contributed by atoms with Crippen LogP contribution in [-0.4, -0.2) is 18.5 Å². The molecular formula is C19H28O2. The second kappa shape index (κ2) is 7.74. The first-order valence-electron chi connectivity index (χ1n) is 8.41. The van der Waals surface area contributed by atoms with Crippen LogP contribution in [0.4, 0.5) is 0 Å². The van der Waals surface area contributed by atoms with Crippen LogP contribution in [0.25, 0.3) is 0 Å². The molecule has 0 radical (unpaired) electrons. The van der Waals surface area contributed by atoms with E-state index in [2.05, 4.69) is 31.2 Å². The molecule has 0 amide bonds. The Bertz CT molecular complexity index is 440. The van der Waals surface area contributed by atoms with E-state index in [0.717, 1.165) is 19.3 Å². The molecule has 1 fully saturated rings. The molecule has 1 saturated carbocycles. The molecule has 0 spiro atoms. The van der Waals surface area contributed by atoms with E-state index >= 15 is 0 Å². The van der Waals surface area contributed by atoms with Gasteiger partial charge in [0, 0.05) is 13.0 Å². The summed E-state index contributed by atoms with van der Waals surface area (Å²) in [6, 6.07) is 10.4. The number of unbranched alkanes of at least 4 members (excludes halogenated alkanes) is 3. The van der Waals surface area contributed by atoms with E-state index in [9.17, 15) is 4.79 Å². The second-order valence-electron chi connectivity index (χ2n) is 6.20. The predicted molar refractivity (Wildman–Crippen MR) is 86.4 cm³/mol. The van der Waals surface area contributed by atoms with Crippen molar-refractivity contribution in [2.75, 3.05) is 6.61 Å². The van der Waals surface area contributed by atoms with Crippen LogP contribution in [0.5, 0.6) is 0 Å². The molecule has 0 saturated heterocycles. The minimum Gasteiger partial charge on any atom is -0.377 e. The van der Waals surface area contributed by atoms with Gasteiger partial charge in [-0.2, -0.15) is 0 Å². The van der Waals surface area contributed by atoms with E-state index in [1.54, 1.807) is 0 Å². The fraction of sp³-hybridized carbons (Fsp3) is 0.632. The summed E-state index contributed by atoms with van der Waals surface area (Å²) in [6.07, 6.45) is 7.39. The zero-order valence-electron chi connectivity index (χ0n) is 13.4. The highest BCUT2D eigenvalue weighted by atomic mass is 16.5. The Labute approximate surface area is 128 Å². The highest BCUT2D eigenvalue weighted by Gasteiger charge is 2.54. The van der Waals surface area contributed by atoms with Crippen LogP contribution in [0, 0.1) is 5.41 Å². The molecule has 0 bridgehead atoms. The van der Waals surface area contributed by atoms with Gasteiger partial charge in [-0.25, -0.2) is 0 Å². The molecular weight excluding hydrogens is 260 g/mol. The van der Waals surface area contributed by atoms with Crippen LogP contribution in [-0.2, 0) is 16.0 Å². The normalized spacial score (nSPS) is 24.9. The van der Waals surface area contributed by atoms with Crippen molar-refractivity contribution in [2.24, 2.45) is 5.41 Å². The van der Waals surface area contributed by atoms with Gasteiger partial charge in [-0.3, -0.25) is 4.79 Å². The molecule has 0 heterocycles. The molecule has 1 aromatic carbocycles. The lowest BCUT2D eigenvalue weighted by molar-refractivity contribution is -0.164. The highest BCUT2D eigenvalue weighted by molar-refractivity contribution is 5.92. The maximum absolute atomic E-state index is 12.4. The van der Waals surface area contributed by atoms with Gasteiger partial charge in [-0.15, -0.1) is 0 Å². The first-order chi connectivity index (χ1) is 10.2. The maximum atomic E-state index is 12.4. The van der Waals surface area contributed by atoms with E-state index in [-0.39, 0.29) is 11.5 Å². The summed E-state index contributed by atoms with van der Waals surface area (Å²) >= 11 is 0. The third kappa shape index (κ3) is 3.74. The van der Waals surface area contributed by atoms with Crippen molar-refractivity contribution in [2.45, 2.75) is 64.9 Å². The number of carbonyl (C=O) groups is 1. The number of Topliss-reactive ketones (excluding diaryl/α,β-unsaturated/α-hetero) is 1. The van der Waals surface area contributed by atoms with Gasteiger partial charge in [0.2, 0.25) is 0 Å². The van der Waals surface area contributed by atoms with Crippen LogP contribution < -0.4 is 0 Å². The Kier molecular flexibility index (Phi) is 5.98. The fourth-order valence-electron chi connectivity index (χ4n) is 3.46. The molecule has 1 aliphatic carbocycles. The summed E-state index contributed by atoms with van der Waals surface area (Å²) in [5, 5.41) is 0. The van der Waals surface area contributed by atoms with Gasteiger partial charge < -0.3 is 4.74 Å². The molecule has 2 atom stereocenters. The molecule has 2 nitrogen and oxygen atoms in total. The van der Waals surface area contributed by atoms with Crippen molar-refractivity contribution in [3.8, 4) is 0 Å². The number of carbonyl (C=O) groups excluding carboxylic acids is 1. The Hall–Kier alpha value is -1.15. The lowest BCUT2D eigenvalue weighted by atomic mass is 9.59. The third-order valence-electron chi connectivity index (χ3n) is 4.75. The van der Waals surface area contributed by atoms with Crippen LogP contribution in [0.15, 0.2) is 30.3 Å². The van der Waals surface area contributed by atoms with Gasteiger partial charge in [0.15, 0.2) is 0 Å². The summed E-state index contributed by atoms with van der Waals surface area (Å²) in [6.45, 7) is 4.94. The number of ketones is 1. The van der Waals surface area contributed by atoms with Crippen molar-refractivity contribution in [3.63, 3.8) is 0 Å². The first-order valence-corrected chi connectivity index (χ1v) is 8.41. The first kappa shape index (κ1) is 16.2. The van der Waals surface area contributed by atoms with Crippen molar-refractivity contribution in [1.29, 1.82) is 0 Å². The maximum Gasteiger partial charge on any atom is 0.144 e. The molecule has 1 aliphatic rings. The van der Waals surface area contributed by atoms with E-state index in [0.29, 0.717) is 18.8 Å². The Morgan fingerprint density at radius 3 is 2.52 bits per heavy atom. The highest BCUT2D eigenvalue weighted by Crippen LogP contribution is 2.46. The molecule has 21 heavy (non-hydrogen) atoms. The summed E-state index contributed by atoms with van der Waals surface area (Å²) in [5.41, 5.74) is 0.996. The van der Waals surface area contributed by atoms with Crippen molar-refractivity contribution in [1.82, 2.24) is 0 Å². The second-order valence-corrected chi connectivity index (χ2v) is 6.20. The van der Waals surface area contributed by atoms with E-state index < -0.39 is 0 Å². The van der Waals surface area contributed by atoms with E-state index in [1.165, 1.54) is 24.8 Å². The number of benzene rings is 1. The smallest absolute Gasteiger partial charge is 0.144 e. The summed E-state index contributed by atoms with van der Waals surface area (Å²) in [5.74, 6) is 0.404. The fourth-order valence-corrected chi connectivity index (χ4v) is 3.46. The molecule has 2 rings (SSSR count). The van der Waals surface area contributed by atoms with Crippen molar-refractivity contribution < 1.29 is 9.53 Å². The SMILES string of the molecule is CCCCCCC1(Cc2ccccc2)C(=O)CC1OCC. The number of hydrogen-bond donors (Lipinski definition) is 0. The third-order valence-corrected chi connectivity index (χ3v) is 4.75. The standard InChI is InChI=1S/C19H28O2/c1-3-5-6-10-13-19(15-16-11-8-7-9-12-16)17(20)14-18(19)21-4-2/h7-9,11-12,18H,3-6,10,13-15H2,1-2H3. The van der Waals surface area contributed by atoms with Gasteiger partial charge in [-0.1, -0.05) is 62.9 Å². The van der Waals surface area contributed by atoms with Crippen LogP contribution >= 0.6 is 0 Å². The molecule has 0 N–H and O–H groups in total. The Morgan fingerprint density at radius 2 is 1.90 bits per heavy atom. The molecule has 2 unspecified atom stereocenters. The lowest BCUT2D eigenvalue weighted by Crippen LogP contribution is -2.56. The average molecular weight is 288 g/mol. The number of rotatable bonds is 9. The predicted octanol–water partition coefficient (Wildman–Crippen LogP) is 4.56. The molecule has 0 aliphatic heterocycles. The van der Waals surface area contributed by atoms with Gasteiger partial charge >= 0.3 is 0 Å². The van der Waals surface area contributed by atoms with Gasteiger partial charge in [0.1, 0.15) is 5.78 Å². The van der Waals surface area contributed by atoms with Gasteiger partial charge in [-0.05, 0) is 25.3 Å². The van der Waals surface area contributed by atoms with Crippen LogP contribution in [0.3, 0.4) is 0 Å². The Balaban J connectivity index is 2.07. The zero-order chi connectivity index (χ0) is 15.1. The molecule has 2 heteroatoms. The molecule has 1 aromatic rings. The monoisotopic (exact) mass is 288 g/mol. The topological polar surface area (TPSA) is 26.3 Å². The Morgan fingerprint density at radius 1 is 1.14 bits per heavy atom. The van der Waals surface area contributed by atoms with Crippen LogP contribution in [0.1, 0.15) is 57.9 Å². The molecule has 116 valence electrons. The van der Waals surface area contributed by atoms with Crippen LogP contribution in [0.2, 0.25) is 0 Å². The minimum absolute atomic E-state index is 0.122. The number of ether oxygens (including phenoxy) is 1. The van der Waals surface area contributed by atoms with Gasteiger partial charge in [0.05, 0.1) is 11.5 Å². The molecule has 0 aromatic heterocycles.